The quantitative estimate of drug-likeness (QED) is 0.609. The molecule has 0 saturated carbocycles. The molecule has 3 aromatic rings. The number of benzene rings is 2. The first-order valence-corrected chi connectivity index (χ1v) is 9.23. The standard InChI is InChI=1S/C21H18FNO2S/c1-13-17(7-4-8-18(13)22)21(20(24)25-2)10-9-14(11-21)16-6-3-5-15-12-23-26-19(15)16/h3-8,11-12H,9-10H2,1-2H3/t21-/m0/s1. The minimum absolute atomic E-state index is 0.308. The molecule has 26 heavy (non-hydrogen) atoms. The van der Waals surface area contributed by atoms with E-state index in [9.17, 15) is 9.18 Å². The molecular formula is C21H18FNO2S. The van der Waals surface area contributed by atoms with Gasteiger partial charge in [0.25, 0.3) is 0 Å². The first kappa shape index (κ1) is 16.9. The fourth-order valence-corrected chi connectivity index (χ4v) is 4.68. The van der Waals surface area contributed by atoms with E-state index in [1.165, 1.54) is 24.7 Å². The van der Waals surface area contributed by atoms with Gasteiger partial charge in [-0.15, -0.1) is 0 Å². The van der Waals surface area contributed by atoms with Crippen molar-refractivity contribution in [1.29, 1.82) is 0 Å². The van der Waals surface area contributed by atoms with Crippen molar-refractivity contribution in [2.75, 3.05) is 7.11 Å². The van der Waals surface area contributed by atoms with Crippen LogP contribution in [-0.4, -0.2) is 17.5 Å². The van der Waals surface area contributed by atoms with Crippen LogP contribution >= 0.6 is 11.5 Å². The molecule has 132 valence electrons. The third-order valence-electron chi connectivity index (χ3n) is 5.23. The maximum Gasteiger partial charge on any atom is 0.320 e. The second-order valence-electron chi connectivity index (χ2n) is 6.59. The van der Waals surface area contributed by atoms with E-state index in [0.717, 1.165) is 27.6 Å². The molecule has 1 atom stereocenters. The highest BCUT2D eigenvalue weighted by Gasteiger charge is 2.44. The molecule has 0 radical (unpaired) electrons. The van der Waals surface area contributed by atoms with Crippen LogP contribution in [0.15, 0.2) is 48.7 Å². The summed E-state index contributed by atoms with van der Waals surface area (Å²) in [5.74, 6) is -0.658. The number of carbonyl (C=O) groups excluding carboxylic acids is 1. The number of hydrogen-bond donors (Lipinski definition) is 0. The molecule has 0 spiro atoms. The van der Waals surface area contributed by atoms with Gasteiger partial charge in [-0.3, -0.25) is 4.79 Å². The Bertz CT molecular complexity index is 1040. The van der Waals surface area contributed by atoms with E-state index in [1.54, 1.807) is 13.0 Å². The van der Waals surface area contributed by atoms with Crippen molar-refractivity contribution in [3.8, 4) is 0 Å². The lowest BCUT2D eigenvalue weighted by atomic mass is 9.77. The molecule has 0 unspecified atom stereocenters. The Balaban J connectivity index is 1.91. The molecule has 1 heterocycles. The lowest BCUT2D eigenvalue weighted by Crippen LogP contribution is -2.34. The normalized spacial score (nSPS) is 19.6. The number of aromatic nitrogens is 1. The number of allylic oxidation sites excluding steroid dienone is 1. The average molecular weight is 367 g/mol. The van der Waals surface area contributed by atoms with Crippen molar-refractivity contribution in [2.24, 2.45) is 0 Å². The van der Waals surface area contributed by atoms with Crippen LogP contribution in [-0.2, 0) is 14.9 Å². The number of methoxy groups -OCH3 is 1. The molecule has 0 amide bonds. The highest BCUT2D eigenvalue weighted by Crippen LogP contribution is 2.46. The maximum atomic E-state index is 14.2. The summed E-state index contributed by atoms with van der Waals surface area (Å²) in [6, 6.07) is 11.0. The van der Waals surface area contributed by atoms with Crippen LogP contribution in [0.1, 0.15) is 29.5 Å². The average Bonchev–Trinajstić information content (AvgIpc) is 3.30. The Hall–Kier alpha value is -2.53. The third kappa shape index (κ3) is 2.46. The molecule has 5 heteroatoms. The van der Waals surface area contributed by atoms with Crippen LogP contribution in [0.5, 0.6) is 0 Å². The van der Waals surface area contributed by atoms with Crippen molar-refractivity contribution in [2.45, 2.75) is 25.2 Å². The number of carbonyl (C=O) groups is 1. The first-order chi connectivity index (χ1) is 12.6. The summed E-state index contributed by atoms with van der Waals surface area (Å²) < 4.78 is 24.7. The van der Waals surface area contributed by atoms with Gasteiger partial charge in [-0.25, -0.2) is 4.39 Å². The molecule has 0 bridgehead atoms. The Labute approximate surface area is 155 Å². The van der Waals surface area contributed by atoms with Gasteiger partial charge >= 0.3 is 5.97 Å². The van der Waals surface area contributed by atoms with E-state index in [2.05, 4.69) is 10.4 Å². The summed E-state index contributed by atoms with van der Waals surface area (Å²) in [7, 11) is 1.38. The summed E-state index contributed by atoms with van der Waals surface area (Å²) in [6.07, 6.45) is 5.11. The number of nitrogens with zero attached hydrogens (tertiary/aromatic N) is 1. The van der Waals surface area contributed by atoms with Gasteiger partial charge < -0.3 is 4.74 Å². The Morgan fingerprint density at radius 3 is 2.88 bits per heavy atom. The summed E-state index contributed by atoms with van der Waals surface area (Å²) in [6.45, 7) is 1.71. The zero-order valence-corrected chi connectivity index (χ0v) is 15.4. The van der Waals surface area contributed by atoms with E-state index in [-0.39, 0.29) is 11.8 Å². The fraction of sp³-hybridized carbons (Fsp3) is 0.238. The van der Waals surface area contributed by atoms with Gasteiger partial charge in [-0.05, 0) is 59.6 Å². The first-order valence-electron chi connectivity index (χ1n) is 8.46. The Morgan fingerprint density at radius 2 is 2.08 bits per heavy atom. The van der Waals surface area contributed by atoms with Crippen LogP contribution in [0.25, 0.3) is 15.7 Å². The van der Waals surface area contributed by atoms with Gasteiger partial charge in [0.15, 0.2) is 0 Å². The van der Waals surface area contributed by atoms with E-state index in [4.69, 9.17) is 4.74 Å². The van der Waals surface area contributed by atoms with E-state index >= 15 is 0 Å². The molecule has 1 aliphatic carbocycles. The number of ether oxygens (including phenoxy) is 1. The van der Waals surface area contributed by atoms with E-state index in [0.29, 0.717) is 17.5 Å². The van der Waals surface area contributed by atoms with Crippen LogP contribution in [0, 0.1) is 12.7 Å². The molecular weight excluding hydrogens is 349 g/mol. The molecule has 3 nitrogen and oxygen atoms in total. The van der Waals surface area contributed by atoms with Gasteiger partial charge in [-0.2, -0.15) is 4.37 Å². The SMILES string of the molecule is COC(=O)[C@]1(c2cccc(F)c2C)C=C(c2cccc3cnsc23)CC1. The number of rotatable bonds is 3. The minimum Gasteiger partial charge on any atom is -0.468 e. The topological polar surface area (TPSA) is 39.2 Å². The van der Waals surface area contributed by atoms with Gasteiger partial charge in [0.05, 0.1) is 11.8 Å². The zero-order chi connectivity index (χ0) is 18.3. The largest absolute Gasteiger partial charge is 0.468 e. The molecule has 1 aromatic heterocycles. The number of hydrogen-bond acceptors (Lipinski definition) is 4. The van der Waals surface area contributed by atoms with Crippen LogP contribution in [0.4, 0.5) is 4.39 Å². The zero-order valence-electron chi connectivity index (χ0n) is 14.6. The second-order valence-corrected chi connectivity index (χ2v) is 7.40. The molecule has 4 rings (SSSR count). The Morgan fingerprint density at radius 1 is 1.27 bits per heavy atom. The maximum absolute atomic E-state index is 14.2. The van der Waals surface area contributed by atoms with Crippen molar-refractivity contribution in [3.63, 3.8) is 0 Å². The summed E-state index contributed by atoms with van der Waals surface area (Å²) in [5, 5.41) is 1.09. The molecule has 2 aromatic carbocycles. The highest BCUT2D eigenvalue weighted by atomic mass is 32.1. The van der Waals surface area contributed by atoms with Crippen molar-refractivity contribution in [3.05, 3.63) is 71.2 Å². The van der Waals surface area contributed by atoms with E-state index < -0.39 is 5.41 Å². The predicted octanol–water partition coefficient (Wildman–Crippen LogP) is 5.03. The molecule has 0 aliphatic heterocycles. The molecule has 0 N–H and O–H groups in total. The highest BCUT2D eigenvalue weighted by molar-refractivity contribution is 7.13. The lowest BCUT2D eigenvalue weighted by Gasteiger charge is -2.26. The molecule has 0 saturated heterocycles. The smallest absolute Gasteiger partial charge is 0.320 e. The Kier molecular flexibility index (Phi) is 4.11. The lowest BCUT2D eigenvalue weighted by molar-refractivity contribution is -0.145. The van der Waals surface area contributed by atoms with Crippen molar-refractivity contribution < 1.29 is 13.9 Å². The second kappa shape index (κ2) is 6.32. The fourth-order valence-electron chi connectivity index (χ4n) is 3.89. The summed E-state index contributed by atoms with van der Waals surface area (Å²) >= 11 is 1.45. The predicted molar refractivity (Wildman–Crippen MR) is 102 cm³/mol. The summed E-state index contributed by atoms with van der Waals surface area (Å²) in [5.41, 5.74) is 2.38. The van der Waals surface area contributed by atoms with Gasteiger partial charge in [0.2, 0.25) is 0 Å². The van der Waals surface area contributed by atoms with Crippen LogP contribution in [0.3, 0.4) is 0 Å². The van der Waals surface area contributed by atoms with Crippen molar-refractivity contribution >= 4 is 33.2 Å². The number of esters is 1. The third-order valence-corrected chi connectivity index (χ3v) is 6.08. The van der Waals surface area contributed by atoms with Gasteiger partial charge in [-0.1, -0.05) is 36.4 Å². The number of halogens is 1. The summed E-state index contributed by atoms with van der Waals surface area (Å²) in [4.78, 5) is 12.8. The van der Waals surface area contributed by atoms with Crippen molar-refractivity contribution in [1.82, 2.24) is 4.37 Å². The van der Waals surface area contributed by atoms with Crippen LogP contribution in [0.2, 0.25) is 0 Å². The monoisotopic (exact) mass is 367 g/mol. The van der Waals surface area contributed by atoms with Crippen LogP contribution < -0.4 is 0 Å². The van der Waals surface area contributed by atoms with E-state index in [1.807, 2.05) is 30.5 Å². The molecule has 1 aliphatic rings. The van der Waals surface area contributed by atoms with Gasteiger partial charge in [0.1, 0.15) is 11.2 Å². The number of fused-ring (bicyclic) bond motifs is 1. The molecule has 0 fully saturated rings. The van der Waals surface area contributed by atoms with Gasteiger partial charge in [0, 0.05) is 11.6 Å². The minimum atomic E-state index is -0.955.